The minimum atomic E-state index is 1.16. The highest BCUT2D eigenvalue weighted by Crippen LogP contribution is 1.73. The second kappa shape index (κ2) is 16.0. The third-order valence-electron chi connectivity index (χ3n) is 0.822. The van der Waals surface area contributed by atoms with E-state index < -0.39 is 0 Å². The molecular formula is C10H18O. The minimum Gasteiger partial charge on any atom is -0.504 e. The summed E-state index contributed by atoms with van der Waals surface area (Å²) in [5.41, 5.74) is 0. The van der Waals surface area contributed by atoms with Gasteiger partial charge in [-0.25, -0.2) is 0 Å². The van der Waals surface area contributed by atoms with E-state index in [9.17, 15) is 0 Å². The van der Waals surface area contributed by atoms with Gasteiger partial charge in [0.15, 0.2) is 0 Å². The summed E-state index contributed by atoms with van der Waals surface area (Å²) >= 11 is 0. The Morgan fingerprint density at radius 1 is 1.45 bits per heavy atom. The van der Waals surface area contributed by atoms with Gasteiger partial charge in [0.1, 0.15) is 0 Å². The zero-order valence-electron chi connectivity index (χ0n) is 7.71. The average molecular weight is 154 g/mol. The lowest BCUT2D eigenvalue weighted by molar-refractivity contribution is 0.338. The van der Waals surface area contributed by atoms with Crippen LogP contribution in [0.5, 0.6) is 0 Å². The largest absolute Gasteiger partial charge is 0.504 e. The van der Waals surface area contributed by atoms with Crippen LogP contribution < -0.4 is 0 Å². The summed E-state index contributed by atoms with van der Waals surface area (Å²) in [7, 11) is 1.60. The lowest BCUT2D eigenvalue weighted by atomic mass is 10.4. The molecule has 0 N–H and O–H groups in total. The Balaban J connectivity index is 0. The predicted octanol–water partition coefficient (Wildman–Crippen LogP) is 3.31. The number of allylic oxidation sites excluding steroid dienone is 4. The lowest BCUT2D eigenvalue weighted by Gasteiger charge is -1.77. The quantitative estimate of drug-likeness (QED) is 0.344. The van der Waals surface area contributed by atoms with Crippen molar-refractivity contribution in [2.45, 2.75) is 20.3 Å². The van der Waals surface area contributed by atoms with Crippen LogP contribution in [-0.4, -0.2) is 7.11 Å². The first-order chi connectivity index (χ1) is 5.33. The first kappa shape index (κ1) is 12.7. The molecule has 0 aliphatic carbocycles. The average Bonchev–Trinajstić information content (AvgIpc) is 2.04. The Morgan fingerprint density at radius 3 is 2.18 bits per heavy atom. The molecule has 1 nitrogen and oxygen atoms in total. The minimum absolute atomic E-state index is 1.16. The van der Waals surface area contributed by atoms with Crippen LogP contribution in [0, 0.1) is 0 Å². The van der Waals surface area contributed by atoms with Gasteiger partial charge in [0, 0.05) is 0 Å². The molecule has 11 heavy (non-hydrogen) atoms. The molecule has 0 amide bonds. The highest BCUT2D eigenvalue weighted by Gasteiger charge is 1.52. The van der Waals surface area contributed by atoms with Crippen molar-refractivity contribution in [3.63, 3.8) is 0 Å². The lowest BCUT2D eigenvalue weighted by Crippen LogP contribution is -1.58. The topological polar surface area (TPSA) is 9.23 Å². The molecule has 0 aliphatic heterocycles. The van der Waals surface area contributed by atoms with Crippen molar-refractivity contribution in [1.29, 1.82) is 0 Å². The van der Waals surface area contributed by atoms with Crippen molar-refractivity contribution >= 4 is 0 Å². The molecule has 0 saturated carbocycles. The van der Waals surface area contributed by atoms with E-state index in [-0.39, 0.29) is 0 Å². The van der Waals surface area contributed by atoms with Crippen molar-refractivity contribution < 1.29 is 4.74 Å². The third-order valence-corrected chi connectivity index (χ3v) is 0.822. The summed E-state index contributed by atoms with van der Waals surface area (Å²) in [4.78, 5) is 0. The summed E-state index contributed by atoms with van der Waals surface area (Å²) in [5, 5.41) is 0. The third kappa shape index (κ3) is 27.5. The van der Waals surface area contributed by atoms with Crippen LogP contribution in [0.15, 0.2) is 37.1 Å². The maximum atomic E-state index is 4.53. The maximum absolute atomic E-state index is 4.53. The monoisotopic (exact) mass is 154 g/mol. The molecule has 0 spiro atoms. The Kier molecular flexibility index (Phi) is 18.4. The van der Waals surface area contributed by atoms with Gasteiger partial charge >= 0.3 is 0 Å². The molecule has 0 atom stereocenters. The van der Waals surface area contributed by atoms with E-state index in [0.717, 1.165) is 6.42 Å². The molecule has 0 aromatic heterocycles. The van der Waals surface area contributed by atoms with E-state index in [4.69, 9.17) is 0 Å². The van der Waals surface area contributed by atoms with Crippen molar-refractivity contribution in [1.82, 2.24) is 0 Å². The van der Waals surface area contributed by atoms with E-state index in [1.807, 2.05) is 6.92 Å². The molecule has 0 saturated heterocycles. The van der Waals surface area contributed by atoms with E-state index in [2.05, 4.69) is 30.4 Å². The Morgan fingerprint density at radius 2 is 2.09 bits per heavy atom. The normalized spacial score (nSPS) is 9.36. The fraction of sp³-hybridized carbons (Fsp3) is 0.400. The number of hydrogen-bond acceptors (Lipinski definition) is 1. The smallest absolute Gasteiger partial charge is 0.0824 e. The van der Waals surface area contributed by atoms with E-state index in [0.29, 0.717) is 0 Å². The Bertz CT molecular complexity index is 112. The zero-order valence-corrected chi connectivity index (χ0v) is 7.71. The Labute approximate surface area is 70.1 Å². The van der Waals surface area contributed by atoms with E-state index in [1.54, 1.807) is 25.5 Å². The second-order valence-electron chi connectivity index (χ2n) is 1.78. The first-order valence-corrected chi connectivity index (χ1v) is 3.74. The molecule has 64 valence electrons. The van der Waals surface area contributed by atoms with Gasteiger partial charge < -0.3 is 4.74 Å². The van der Waals surface area contributed by atoms with Gasteiger partial charge in [-0.3, -0.25) is 0 Å². The molecular weight excluding hydrogens is 136 g/mol. The number of hydrogen-bond donors (Lipinski definition) is 0. The highest BCUT2D eigenvalue weighted by atomic mass is 16.5. The molecule has 0 aromatic rings. The predicted molar refractivity (Wildman–Crippen MR) is 51.5 cm³/mol. The molecule has 0 radical (unpaired) electrons. The molecule has 0 bridgehead atoms. The Hall–Kier alpha value is -0.980. The molecule has 0 aliphatic rings. The number of rotatable bonds is 3. The van der Waals surface area contributed by atoms with Gasteiger partial charge in [-0.05, 0) is 19.4 Å². The van der Waals surface area contributed by atoms with Crippen LogP contribution in [0.2, 0.25) is 0 Å². The summed E-state index contributed by atoms with van der Waals surface area (Å²) in [6, 6.07) is 0. The molecule has 1 heteroatoms. The van der Waals surface area contributed by atoms with Gasteiger partial charge in [0.05, 0.1) is 13.4 Å². The van der Waals surface area contributed by atoms with Gasteiger partial charge in [-0.15, -0.1) is 0 Å². The van der Waals surface area contributed by atoms with Crippen LogP contribution in [-0.2, 0) is 4.74 Å². The number of methoxy groups -OCH3 is 1. The van der Waals surface area contributed by atoms with E-state index in [1.165, 1.54) is 0 Å². The van der Waals surface area contributed by atoms with Crippen LogP contribution in [0.4, 0.5) is 0 Å². The highest BCUT2D eigenvalue weighted by molar-refractivity contribution is 4.92. The summed E-state index contributed by atoms with van der Waals surface area (Å²) in [5.74, 6) is 0. The maximum Gasteiger partial charge on any atom is 0.0824 e. The van der Waals surface area contributed by atoms with Gasteiger partial charge in [-0.2, -0.15) is 0 Å². The van der Waals surface area contributed by atoms with Crippen molar-refractivity contribution in [3.8, 4) is 0 Å². The standard InChI is InChI=1S/C5H8O.C5H10/c1-3-4-5-6-2;1-3-5-4-2/h3-5H,1H2,2H3;3,5H,4H2,1-2H3/b5-4+;5-3-. The zero-order chi connectivity index (χ0) is 8.95. The molecule has 0 aromatic carbocycles. The van der Waals surface area contributed by atoms with Crippen LogP contribution >= 0.6 is 0 Å². The summed E-state index contributed by atoms with van der Waals surface area (Å²) in [6.45, 7) is 7.59. The number of ether oxygens (including phenoxy) is 1. The first-order valence-electron chi connectivity index (χ1n) is 3.74. The van der Waals surface area contributed by atoms with Crippen molar-refractivity contribution in [2.24, 2.45) is 0 Å². The molecule has 0 rings (SSSR count). The van der Waals surface area contributed by atoms with Gasteiger partial charge in [0.25, 0.3) is 0 Å². The summed E-state index contributed by atoms with van der Waals surface area (Å²) < 4.78 is 4.53. The van der Waals surface area contributed by atoms with Crippen LogP contribution in [0.1, 0.15) is 20.3 Å². The summed E-state index contributed by atoms with van der Waals surface area (Å²) in [6.07, 6.45) is 10.3. The molecule has 0 fully saturated rings. The fourth-order valence-electron chi connectivity index (χ4n) is 0.370. The SMILES string of the molecule is C/C=C\CC.C=C/C=C/OC. The van der Waals surface area contributed by atoms with Gasteiger partial charge in [0.2, 0.25) is 0 Å². The van der Waals surface area contributed by atoms with Crippen molar-refractivity contribution in [2.75, 3.05) is 7.11 Å². The van der Waals surface area contributed by atoms with Crippen molar-refractivity contribution in [3.05, 3.63) is 37.1 Å². The molecule has 0 unspecified atom stereocenters. The van der Waals surface area contributed by atoms with Crippen LogP contribution in [0.3, 0.4) is 0 Å². The van der Waals surface area contributed by atoms with E-state index >= 15 is 0 Å². The fourth-order valence-corrected chi connectivity index (χ4v) is 0.370. The van der Waals surface area contributed by atoms with Gasteiger partial charge in [-0.1, -0.05) is 31.7 Å². The second-order valence-corrected chi connectivity index (χ2v) is 1.78. The molecule has 0 heterocycles. The van der Waals surface area contributed by atoms with Crippen LogP contribution in [0.25, 0.3) is 0 Å².